The predicted octanol–water partition coefficient (Wildman–Crippen LogP) is 1.92. The summed E-state index contributed by atoms with van der Waals surface area (Å²) in [5, 5.41) is 10.8. The molecule has 4 atom stereocenters. The van der Waals surface area contributed by atoms with Gasteiger partial charge in [0.05, 0.1) is 25.7 Å². The molecule has 154 valence electrons. The van der Waals surface area contributed by atoms with Crippen molar-refractivity contribution in [1.82, 2.24) is 0 Å². The second-order valence-corrected chi connectivity index (χ2v) is 7.29. The van der Waals surface area contributed by atoms with Crippen molar-refractivity contribution in [2.45, 2.75) is 38.7 Å². The topological polar surface area (TPSA) is 93.1 Å². The zero-order valence-corrected chi connectivity index (χ0v) is 17.1. The number of ketones is 1. The molecule has 0 bridgehead atoms. The smallest absolute Gasteiger partial charge is 0.316 e. The quantitative estimate of drug-likeness (QED) is 0.585. The first-order valence-corrected chi connectivity index (χ1v) is 9.47. The Balaban J connectivity index is 2.57. The van der Waals surface area contributed by atoms with Gasteiger partial charge < -0.3 is 19.5 Å². The Morgan fingerprint density at radius 1 is 1.11 bits per heavy atom. The van der Waals surface area contributed by atoms with Crippen molar-refractivity contribution in [3.8, 4) is 0 Å². The molecule has 1 aliphatic rings. The van der Waals surface area contributed by atoms with Crippen LogP contribution in [0.25, 0.3) is 0 Å². The molecular formula is C21H29NO6. The van der Waals surface area contributed by atoms with Gasteiger partial charge in [-0.3, -0.25) is 14.4 Å². The minimum Gasteiger partial charge on any atom is -0.469 e. The van der Waals surface area contributed by atoms with Crippen LogP contribution in [0.5, 0.6) is 0 Å². The maximum atomic E-state index is 12.7. The lowest BCUT2D eigenvalue weighted by atomic mass is 9.61. The van der Waals surface area contributed by atoms with Crippen molar-refractivity contribution in [3.05, 3.63) is 29.8 Å². The lowest BCUT2D eigenvalue weighted by molar-refractivity contribution is -0.170. The summed E-state index contributed by atoms with van der Waals surface area (Å²) >= 11 is 0. The molecule has 0 aromatic heterocycles. The number of hydrogen-bond acceptors (Lipinski definition) is 7. The monoisotopic (exact) mass is 391 g/mol. The Morgan fingerprint density at radius 2 is 1.64 bits per heavy atom. The Kier molecular flexibility index (Phi) is 6.82. The third-order valence-electron chi connectivity index (χ3n) is 5.58. The zero-order chi connectivity index (χ0) is 21.1. The fourth-order valence-corrected chi connectivity index (χ4v) is 4.17. The summed E-state index contributed by atoms with van der Waals surface area (Å²) in [7, 11) is 2.43. The van der Waals surface area contributed by atoms with Crippen LogP contribution < -0.4 is 4.90 Å². The fraction of sp³-hybridized carbons (Fsp3) is 0.571. The van der Waals surface area contributed by atoms with Crippen LogP contribution >= 0.6 is 0 Å². The number of Topliss-reactive ketones (excluding diaryl/α,β-unsaturated/α-hetero) is 1. The van der Waals surface area contributed by atoms with Crippen molar-refractivity contribution in [2.75, 3.05) is 32.2 Å². The first-order chi connectivity index (χ1) is 13.2. The predicted molar refractivity (Wildman–Crippen MR) is 104 cm³/mol. The summed E-state index contributed by atoms with van der Waals surface area (Å²) in [5.74, 6) is -4.94. The van der Waals surface area contributed by atoms with Crippen molar-refractivity contribution in [1.29, 1.82) is 0 Å². The Morgan fingerprint density at radius 3 is 2.11 bits per heavy atom. The molecule has 0 spiro atoms. The second kappa shape index (κ2) is 8.73. The van der Waals surface area contributed by atoms with Gasteiger partial charge in [-0.05, 0) is 38.5 Å². The van der Waals surface area contributed by atoms with E-state index >= 15 is 0 Å². The van der Waals surface area contributed by atoms with Crippen molar-refractivity contribution < 1.29 is 29.0 Å². The summed E-state index contributed by atoms with van der Waals surface area (Å²) in [5.41, 5.74) is -0.0291. The molecule has 0 unspecified atom stereocenters. The van der Waals surface area contributed by atoms with Crippen molar-refractivity contribution >= 4 is 23.4 Å². The van der Waals surface area contributed by atoms with Gasteiger partial charge in [0.1, 0.15) is 5.92 Å². The van der Waals surface area contributed by atoms with Gasteiger partial charge in [0, 0.05) is 31.1 Å². The molecule has 1 fully saturated rings. The lowest BCUT2D eigenvalue weighted by Gasteiger charge is -2.43. The maximum absolute atomic E-state index is 12.7. The molecule has 0 heterocycles. The molecule has 1 aromatic rings. The van der Waals surface area contributed by atoms with E-state index in [-0.39, 0.29) is 6.42 Å². The molecular weight excluding hydrogens is 362 g/mol. The Bertz CT molecular complexity index is 723. The normalized spacial score (nSPS) is 27.2. The number of methoxy groups -OCH3 is 2. The number of esters is 2. The molecule has 7 heteroatoms. The van der Waals surface area contributed by atoms with E-state index in [0.29, 0.717) is 5.56 Å². The first-order valence-electron chi connectivity index (χ1n) is 9.47. The largest absolute Gasteiger partial charge is 0.469 e. The van der Waals surface area contributed by atoms with Crippen molar-refractivity contribution in [3.63, 3.8) is 0 Å². The minimum absolute atomic E-state index is 0.319. The molecule has 2 rings (SSSR count). The molecule has 0 saturated heterocycles. The van der Waals surface area contributed by atoms with Gasteiger partial charge >= 0.3 is 11.9 Å². The average Bonchev–Trinajstić information content (AvgIpc) is 2.67. The summed E-state index contributed by atoms with van der Waals surface area (Å²) in [6.45, 7) is 7.20. The van der Waals surface area contributed by atoms with Gasteiger partial charge in [0.2, 0.25) is 0 Å². The fourth-order valence-electron chi connectivity index (χ4n) is 4.17. The average molecular weight is 391 g/mol. The molecule has 0 radical (unpaired) electrons. The van der Waals surface area contributed by atoms with Crippen LogP contribution in [0.2, 0.25) is 0 Å². The number of carbonyl (C=O) groups excluding carboxylic acids is 3. The minimum atomic E-state index is -1.63. The molecule has 1 N–H and O–H groups in total. The highest BCUT2D eigenvalue weighted by Crippen LogP contribution is 2.46. The van der Waals surface area contributed by atoms with E-state index in [1.807, 2.05) is 12.1 Å². The number of hydrogen-bond donors (Lipinski definition) is 1. The van der Waals surface area contributed by atoms with Gasteiger partial charge in [-0.1, -0.05) is 12.1 Å². The standard InChI is InChI=1S/C21H29NO6/c1-6-22(7-2)14-10-8-13(9-11-14)16-17(19(24)27-4)15(23)12-21(3,26)18(16)20(25)28-5/h8-11,16-18,26H,6-7,12H2,1-5H3/t16-,17-,18+,21-/m1/s1. The third kappa shape index (κ3) is 4.04. The summed E-state index contributed by atoms with van der Waals surface area (Å²) in [4.78, 5) is 39.8. The molecule has 0 aliphatic heterocycles. The zero-order valence-electron chi connectivity index (χ0n) is 17.1. The van der Waals surface area contributed by atoms with Crippen LogP contribution in [0, 0.1) is 11.8 Å². The van der Waals surface area contributed by atoms with E-state index in [0.717, 1.165) is 18.8 Å². The van der Waals surface area contributed by atoms with E-state index in [1.165, 1.54) is 21.1 Å². The van der Waals surface area contributed by atoms with Gasteiger partial charge in [-0.25, -0.2) is 0 Å². The highest BCUT2D eigenvalue weighted by molar-refractivity contribution is 6.02. The first kappa shape index (κ1) is 21.9. The second-order valence-electron chi connectivity index (χ2n) is 7.29. The molecule has 1 aliphatic carbocycles. The van der Waals surface area contributed by atoms with Crippen LogP contribution in [0.4, 0.5) is 5.69 Å². The Labute approximate surface area is 165 Å². The number of aliphatic hydroxyl groups is 1. The van der Waals surface area contributed by atoms with Crippen LogP contribution in [0.1, 0.15) is 38.7 Å². The van der Waals surface area contributed by atoms with Crippen LogP contribution in [0.3, 0.4) is 0 Å². The number of anilines is 1. The molecule has 28 heavy (non-hydrogen) atoms. The molecule has 1 aromatic carbocycles. The van der Waals surface area contributed by atoms with E-state index in [2.05, 4.69) is 18.7 Å². The van der Waals surface area contributed by atoms with Gasteiger partial charge in [0.15, 0.2) is 5.78 Å². The summed E-state index contributed by atoms with van der Waals surface area (Å²) in [6.07, 6.45) is -0.319. The van der Waals surface area contributed by atoms with Crippen LogP contribution in [0.15, 0.2) is 24.3 Å². The summed E-state index contributed by atoms with van der Waals surface area (Å²) in [6, 6.07) is 7.36. The van der Waals surface area contributed by atoms with Crippen molar-refractivity contribution in [2.24, 2.45) is 11.8 Å². The van der Waals surface area contributed by atoms with Gasteiger partial charge in [-0.15, -0.1) is 0 Å². The number of benzene rings is 1. The van der Waals surface area contributed by atoms with E-state index in [9.17, 15) is 19.5 Å². The number of nitrogens with zero attached hydrogens (tertiary/aromatic N) is 1. The lowest BCUT2D eigenvalue weighted by Crippen LogP contribution is -2.55. The van der Waals surface area contributed by atoms with Gasteiger partial charge in [0.25, 0.3) is 0 Å². The number of rotatable bonds is 6. The van der Waals surface area contributed by atoms with E-state index < -0.39 is 41.1 Å². The molecule has 7 nitrogen and oxygen atoms in total. The van der Waals surface area contributed by atoms with Gasteiger partial charge in [-0.2, -0.15) is 0 Å². The molecule has 0 amide bonds. The summed E-state index contributed by atoms with van der Waals surface area (Å²) < 4.78 is 9.74. The Hall–Kier alpha value is -2.41. The SMILES string of the molecule is CCN(CC)c1ccc([C@@H]2[C@H](C(=O)OC)C(=O)C[C@@](C)(O)[C@@H]2C(=O)OC)cc1. The molecule has 1 saturated carbocycles. The highest BCUT2D eigenvalue weighted by atomic mass is 16.5. The number of carbonyl (C=O) groups is 3. The number of ether oxygens (including phenoxy) is 2. The third-order valence-corrected chi connectivity index (χ3v) is 5.58. The maximum Gasteiger partial charge on any atom is 0.316 e. The van der Waals surface area contributed by atoms with E-state index in [1.54, 1.807) is 12.1 Å². The van der Waals surface area contributed by atoms with Crippen LogP contribution in [-0.2, 0) is 23.9 Å². The highest BCUT2D eigenvalue weighted by Gasteiger charge is 2.56. The van der Waals surface area contributed by atoms with E-state index in [4.69, 9.17) is 9.47 Å². The van der Waals surface area contributed by atoms with Crippen LogP contribution in [-0.4, -0.2) is 55.7 Å².